The van der Waals surface area contributed by atoms with Crippen molar-refractivity contribution in [1.29, 1.82) is 5.26 Å². The Kier molecular flexibility index (Phi) is 9.22. The van der Waals surface area contributed by atoms with Gasteiger partial charge in [0.25, 0.3) is 5.91 Å². The summed E-state index contributed by atoms with van der Waals surface area (Å²) < 4.78 is 12.9. The van der Waals surface area contributed by atoms with Crippen molar-refractivity contribution in [2.45, 2.75) is 64.7 Å². The molecule has 0 unspecified atom stereocenters. The first-order valence-corrected chi connectivity index (χ1v) is 14.3. The van der Waals surface area contributed by atoms with E-state index in [4.69, 9.17) is 14.5 Å². The summed E-state index contributed by atoms with van der Waals surface area (Å²) in [6.07, 6.45) is 4.25. The molecule has 40 heavy (non-hydrogen) atoms. The van der Waals surface area contributed by atoms with Gasteiger partial charge in [-0.2, -0.15) is 10.4 Å². The van der Waals surface area contributed by atoms with Gasteiger partial charge in [-0.15, -0.1) is 11.3 Å². The van der Waals surface area contributed by atoms with Crippen LogP contribution in [0, 0.1) is 11.3 Å². The maximum absolute atomic E-state index is 13.0. The summed E-state index contributed by atoms with van der Waals surface area (Å²) in [6, 6.07) is 9.32. The molecule has 0 radical (unpaired) electrons. The minimum Gasteiger partial charge on any atom is -0.444 e. The first-order chi connectivity index (χ1) is 19.1. The molecule has 212 valence electrons. The van der Waals surface area contributed by atoms with Crippen LogP contribution in [0.2, 0.25) is 0 Å². The highest BCUT2D eigenvalue weighted by Crippen LogP contribution is 2.34. The van der Waals surface area contributed by atoms with Crippen molar-refractivity contribution in [3.05, 3.63) is 47.1 Å². The van der Waals surface area contributed by atoms with Crippen LogP contribution in [-0.2, 0) is 34.2 Å². The van der Waals surface area contributed by atoms with Crippen molar-refractivity contribution >= 4 is 23.3 Å². The van der Waals surface area contributed by atoms with Gasteiger partial charge in [0.1, 0.15) is 16.7 Å². The molecule has 10 nitrogen and oxygen atoms in total. The fourth-order valence-corrected chi connectivity index (χ4v) is 5.40. The van der Waals surface area contributed by atoms with Crippen molar-refractivity contribution in [1.82, 2.24) is 25.0 Å². The van der Waals surface area contributed by atoms with Crippen molar-refractivity contribution in [2.75, 3.05) is 19.7 Å². The van der Waals surface area contributed by atoms with E-state index in [9.17, 15) is 14.9 Å². The number of benzene rings is 1. The lowest BCUT2D eigenvalue weighted by molar-refractivity contribution is -0.133. The molecule has 2 aromatic heterocycles. The first-order valence-electron chi connectivity index (χ1n) is 13.4. The first kappa shape index (κ1) is 29.2. The molecule has 2 amide bonds. The molecular formula is C29H36N6O4S. The fourth-order valence-electron chi connectivity index (χ4n) is 4.37. The van der Waals surface area contributed by atoms with Crippen molar-refractivity contribution in [3.8, 4) is 27.9 Å². The molecule has 1 aromatic carbocycles. The number of carbonyl (C=O) groups is 2. The van der Waals surface area contributed by atoms with Crippen LogP contribution < -0.4 is 5.32 Å². The molecule has 1 aliphatic heterocycles. The van der Waals surface area contributed by atoms with E-state index < -0.39 is 29.7 Å². The summed E-state index contributed by atoms with van der Waals surface area (Å²) in [5.41, 5.74) is 3.22. The predicted octanol–water partition coefficient (Wildman–Crippen LogP) is 4.35. The molecule has 1 fully saturated rings. The zero-order chi connectivity index (χ0) is 28.9. The number of carbonyl (C=O) groups excluding carboxylic acids is 2. The number of ether oxygens (including phenoxy) is 2. The Morgan fingerprint density at radius 3 is 2.65 bits per heavy atom. The highest BCUT2D eigenvalue weighted by molar-refractivity contribution is 7.15. The van der Waals surface area contributed by atoms with Crippen LogP contribution in [-0.4, -0.2) is 69.1 Å². The molecule has 11 heteroatoms. The summed E-state index contributed by atoms with van der Waals surface area (Å²) in [5, 5.41) is 17.7. The maximum Gasteiger partial charge on any atom is 0.410 e. The van der Waals surface area contributed by atoms with Crippen LogP contribution in [0.1, 0.15) is 44.6 Å². The van der Waals surface area contributed by atoms with E-state index in [0.29, 0.717) is 26.0 Å². The van der Waals surface area contributed by atoms with Crippen LogP contribution in [0.15, 0.2) is 36.7 Å². The van der Waals surface area contributed by atoms with Crippen LogP contribution >= 0.6 is 11.3 Å². The minimum atomic E-state index is -0.875. The average molecular weight is 565 g/mol. The Labute approximate surface area is 238 Å². The van der Waals surface area contributed by atoms with Crippen LogP contribution in [0.5, 0.6) is 0 Å². The second-order valence-electron chi connectivity index (χ2n) is 10.8. The molecular weight excluding hydrogens is 528 g/mol. The molecule has 4 rings (SSSR count). The van der Waals surface area contributed by atoms with E-state index >= 15 is 0 Å². The molecule has 1 saturated heterocycles. The van der Waals surface area contributed by atoms with Gasteiger partial charge in [0.2, 0.25) is 0 Å². The molecule has 0 spiro atoms. The lowest BCUT2D eigenvalue weighted by Gasteiger charge is -2.27. The van der Waals surface area contributed by atoms with Crippen molar-refractivity contribution in [2.24, 2.45) is 7.05 Å². The Bertz CT molecular complexity index is 1370. The molecule has 3 heterocycles. The lowest BCUT2D eigenvalue weighted by atomic mass is 10.0. The number of thiazole rings is 1. The fraction of sp³-hybridized carbons (Fsp3) is 0.483. The summed E-state index contributed by atoms with van der Waals surface area (Å²) in [5.74, 6) is -0.420. The molecule has 0 aliphatic carbocycles. The van der Waals surface area contributed by atoms with E-state index in [-0.39, 0.29) is 6.54 Å². The standard InChI is InChI=1S/C29H36N6O4S/c1-6-24-25(21-16-31-34(5)17-21)33-27(40-24)20-10-8-19(9-11-20)14-22(15-30)32-26(36)23-18-35(12-7-13-38-23)28(37)39-29(2,3)4/h8-11,16-17,22-23H,6-7,12-14,18H2,1-5H3,(H,32,36)/t22-,23-/m0/s1. The zero-order valence-corrected chi connectivity index (χ0v) is 24.5. The molecule has 1 aliphatic rings. The van der Waals surface area contributed by atoms with Crippen LogP contribution in [0.25, 0.3) is 21.8 Å². The third-order valence-electron chi connectivity index (χ3n) is 6.33. The number of nitrogens with one attached hydrogen (secondary N) is 1. The van der Waals surface area contributed by atoms with Gasteiger partial charge in [0.05, 0.1) is 24.5 Å². The van der Waals surface area contributed by atoms with Gasteiger partial charge in [-0.05, 0) is 39.2 Å². The van der Waals surface area contributed by atoms with E-state index in [1.165, 1.54) is 9.78 Å². The predicted molar refractivity (Wildman–Crippen MR) is 153 cm³/mol. The number of hydrogen-bond acceptors (Lipinski definition) is 8. The Morgan fingerprint density at radius 2 is 2.02 bits per heavy atom. The number of nitriles is 1. The number of aromatic nitrogens is 3. The Hall–Kier alpha value is -3.75. The van der Waals surface area contributed by atoms with Gasteiger partial charge < -0.3 is 19.7 Å². The van der Waals surface area contributed by atoms with Gasteiger partial charge in [0, 0.05) is 48.8 Å². The van der Waals surface area contributed by atoms with Gasteiger partial charge in [-0.1, -0.05) is 31.2 Å². The normalized spacial score (nSPS) is 16.6. The SMILES string of the molecule is CCc1sc(-c2ccc(C[C@@H](C#N)NC(=O)[C@@H]3CN(C(=O)OC(C)(C)C)CCCO3)cc2)nc1-c1cnn(C)c1. The van der Waals surface area contributed by atoms with Gasteiger partial charge in [-0.3, -0.25) is 9.48 Å². The van der Waals surface area contributed by atoms with Gasteiger partial charge in [0.15, 0.2) is 6.10 Å². The molecule has 0 saturated carbocycles. The number of nitrogens with zero attached hydrogens (tertiary/aromatic N) is 5. The highest BCUT2D eigenvalue weighted by atomic mass is 32.1. The Morgan fingerprint density at radius 1 is 1.27 bits per heavy atom. The van der Waals surface area contributed by atoms with Crippen molar-refractivity contribution < 1.29 is 19.1 Å². The third-order valence-corrected chi connectivity index (χ3v) is 7.58. The van der Waals surface area contributed by atoms with Gasteiger partial charge >= 0.3 is 6.09 Å². The third kappa shape index (κ3) is 7.46. The van der Waals surface area contributed by atoms with Gasteiger partial charge in [-0.25, -0.2) is 9.78 Å². The zero-order valence-electron chi connectivity index (χ0n) is 23.6. The van der Waals surface area contributed by atoms with Crippen molar-refractivity contribution in [3.63, 3.8) is 0 Å². The maximum atomic E-state index is 13.0. The topological polar surface area (TPSA) is 122 Å². The monoisotopic (exact) mass is 564 g/mol. The number of amides is 2. The average Bonchev–Trinajstić information content (AvgIpc) is 3.45. The summed E-state index contributed by atoms with van der Waals surface area (Å²) in [6.45, 7) is 8.36. The number of aryl methyl sites for hydroxylation is 2. The van der Waals surface area contributed by atoms with E-state index in [1.807, 2.05) is 43.7 Å². The summed E-state index contributed by atoms with van der Waals surface area (Å²) in [4.78, 5) is 33.1. The van der Waals surface area contributed by atoms with E-state index in [1.54, 1.807) is 36.8 Å². The Balaban J connectivity index is 1.39. The second-order valence-corrected chi connectivity index (χ2v) is 11.9. The highest BCUT2D eigenvalue weighted by Gasteiger charge is 2.31. The van der Waals surface area contributed by atoms with Crippen LogP contribution in [0.4, 0.5) is 4.79 Å². The number of rotatable bonds is 7. The second kappa shape index (κ2) is 12.6. The molecule has 0 bridgehead atoms. The minimum absolute atomic E-state index is 0.0716. The lowest BCUT2D eigenvalue weighted by Crippen LogP contribution is -2.48. The molecule has 2 atom stereocenters. The summed E-state index contributed by atoms with van der Waals surface area (Å²) >= 11 is 1.66. The number of hydrogen-bond donors (Lipinski definition) is 1. The molecule has 1 N–H and O–H groups in total. The largest absolute Gasteiger partial charge is 0.444 e. The van der Waals surface area contributed by atoms with E-state index in [2.05, 4.69) is 23.4 Å². The smallest absolute Gasteiger partial charge is 0.410 e. The van der Waals surface area contributed by atoms with E-state index in [0.717, 1.165) is 33.8 Å². The quantitative estimate of drug-likeness (QED) is 0.453. The molecule has 3 aromatic rings. The summed E-state index contributed by atoms with van der Waals surface area (Å²) in [7, 11) is 1.89. The van der Waals surface area contributed by atoms with Crippen LogP contribution in [0.3, 0.4) is 0 Å².